The lowest BCUT2D eigenvalue weighted by Crippen LogP contribution is -2.23. The van der Waals surface area contributed by atoms with Gasteiger partial charge in [0.05, 0.1) is 24.6 Å². The number of carbonyl (C=O) groups excluding carboxylic acids is 1. The van der Waals surface area contributed by atoms with Crippen molar-refractivity contribution in [3.05, 3.63) is 64.7 Å². The monoisotopic (exact) mass is 385 g/mol. The predicted octanol–water partition coefficient (Wildman–Crippen LogP) is 4.13. The predicted molar refractivity (Wildman–Crippen MR) is 105 cm³/mol. The van der Waals surface area contributed by atoms with Gasteiger partial charge in [-0.05, 0) is 23.8 Å². The molecule has 0 aliphatic carbocycles. The van der Waals surface area contributed by atoms with Gasteiger partial charge in [-0.3, -0.25) is 4.79 Å². The van der Waals surface area contributed by atoms with Crippen LogP contribution in [0.2, 0.25) is 5.02 Å². The number of benzene rings is 2. The number of rotatable bonds is 3. The lowest BCUT2D eigenvalue weighted by Gasteiger charge is -2.22. The average Bonchev–Trinajstić information content (AvgIpc) is 3.28. The molecule has 1 amide bonds. The molecule has 0 bridgehead atoms. The molecule has 132 valence electrons. The van der Waals surface area contributed by atoms with E-state index in [1.165, 1.54) is 11.8 Å². The summed E-state index contributed by atoms with van der Waals surface area (Å²) < 4.78 is 5.25. The summed E-state index contributed by atoms with van der Waals surface area (Å²) in [6.45, 7) is 0. The third-order valence-electron chi connectivity index (χ3n) is 4.34. The van der Waals surface area contributed by atoms with Crippen molar-refractivity contribution in [3.63, 3.8) is 0 Å². The van der Waals surface area contributed by atoms with Gasteiger partial charge >= 0.3 is 0 Å². The number of hydrogen-bond acceptors (Lipinski definition) is 5. The van der Waals surface area contributed by atoms with Gasteiger partial charge in [-0.2, -0.15) is 10.1 Å². The van der Waals surface area contributed by atoms with E-state index in [1.807, 2.05) is 53.5 Å². The Hall–Kier alpha value is -2.31. The van der Waals surface area contributed by atoms with Crippen LogP contribution in [0.3, 0.4) is 0 Å². The summed E-state index contributed by atoms with van der Waals surface area (Å²) in [5, 5.41) is 7.91. The minimum atomic E-state index is -0.125. The number of aliphatic imine (C=N–C) groups is 1. The second-order valence-corrected chi connectivity index (χ2v) is 7.29. The van der Waals surface area contributed by atoms with Gasteiger partial charge in [-0.1, -0.05) is 53.7 Å². The number of ether oxygens (including phenoxy) is 1. The smallest absolute Gasteiger partial charge is 0.258 e. The number of methoxy groups -OCH3 is 1. The van der Waals surface area contributed by atoms with Crippen molar-refractivity contribution in [3.8, 4) is 5.75 Å². The van der Waals surface area contributed by atoms with E-state index in [0.29, 0.717) is 22.4 Å². The summed E-state index contributed by atoms with van der Waals surface area (Å²) in [5.74, 6) is 1.03. The van der Waals surface area contributed by atoms with Crippen LogP contribution in [0.25, 0.3) is 0 Å². The fourth-order valence-corrected chi connectivity index (χ4v) is 4.07. The molecule has 2 aliphatic heterocycles. The van der Waals surface area contributed by atoms with Crippen molar-refractivity contribution >= 4 is 40.1 Å². The molecule has 4 rings (SSSR count). The zero-order valence-electron chi connectivity index (χ0n) is 14.1. The van der Waals surface area contributed by atoms with Crippen molar-refractivity contribution in [1.29, 1.82) is 0 Å². The summed E-state index contributed by atoms with van der Waals surface area (Å²) in [7, 11) is 1.64. The molecule has 0 N–H and O–H groups in total. The minimum absolute atomic E-state index is 0.0377. The quantitative estimate of drug-likeness (QED) is 0.797. The van der Waals surface area contributed by atoms with Gasteiger partial charge in [0.2, 0.25) is 0 Å². The Labute approximate surface area is 160 Å². The van der Waals surface area contributed by atoms with Crippen molar-refractivity contribution in [2.75, 3.05) is 12.9 Å². The molecule has 2 aromatic carbocycles. The molecule has 0 aromatic heterocycles. The summed E-state index contributed by atoms with van der Waals surface area (Å²) in [5.41, 5.74) is 2.88. The lowest BCUT2D eigenvalue weighted by atomic mass is 9.98. The number of hydrazone groups is 1. The number of amides is 1. The molecule has 0 saturated heterocycles. The van der Waals surface area contributed by atoms with Crippen molar-refractivity contribution in [2.24, 2.45) is 10.1 Å². The average molecular weight is 386 g/mol. The van der Waals surface area contributed by atoms with Gasteiger partial charge in [0, 0.05) is 17.0 Å². The van der Waals surface area contributed by atoms with Crippen molar-refractivity contribution in [1.82, 2.24) is 5.01 Å². The molecule has 0 spiro atoms. The minimum Gasteiger partial charge on any atom is -0.497 e. The van der Waals surface area contributed by atoms with E-state index >= 15 is 0 Å². The third-order valence-corrected chi connectivity index (χ3v) is 5.59. The molecule has 1 atom stereocenters. The lowest BCUT2D eigenvalue weighted by molar-refractivity contribution is -0.115. The highest BCUT2D eigenvalue weighted by molar-refractivity contribution is 8.14. The number of hydrogen-bond donors (Lipinski definition) is 0. The van der Waals surface area contributed by atoms with Gasteiger partial charge in [0.1, 0.15) is 5.75 Å². The normalized spacial score (nSPS) is 19.5. The summed E-state index contributed by atoms with van der Waals surface area (Å²) in [6, 6.07) is 15.5. The standard InChI is InChI=1S/C19H16ClN3O2S/c1-25-13-8-6-12(7-9-13)17-10-16(14-4-2-3-5-15(14)20)22-23(17)19-21-18(24)11-26-19/h2-9,17H,10-11H2,1H3. The number of thioether (sulfide) groups is 1. The molecular weight excluding hydrogens is 370 g/mol. The number of amidine groups is 1. The first-order chi connectivity index (χ1) is 12.7. The first-order valence-electron chi connectivity index (χ1n) is 8.15. The molecule has 2 heterocycles. The maximum absolute atomic E-state index is 11.6. The molecule has 2 aliphatic rings. The third kappa shape index (κ3) is 3.22. The molecular formula is C19H16ClN3O2S. The van der Waals surface area contributed by atoms with E-state index < -0.39 is 0 Å². The fraction of sp³-hybridized carbons (Fsp3) is 0.211. The van der Waals surface area contributed by atoms with Crippen LogP contribution in [0.1, 0.15) is 23.6 Å². The van der Waals surface area contributed by atoms with Gasteiger partial charge < -0.3 is 4.74 Å². The topological polar surface area (TPSA) is 54.3 Å². The highest BCUT2D eigenvalue weighted by atomic mass is 35.5. The molecule has 1 unspecified atom stereocenters. The van der Waals surface area contributed by atoms with Crippen LogP contribution >= 0.6 is 23.4 Å². The van der Waals surface area contributed by atoms with Crippen LogP contribution in [0.15, 0.2) is 58.6 Å². The zero-order valence-corrected chi connectivity index (χ0v) is 15.6. The Morgan fingerprint density at radius 1 is 1.19 bits per heavy atom. The van der Waals surface area contributed by atoms with Crippen LogP contribution in [-0.2, 0) is 4.79 Å². The van der Waals surface area contributed by atoms with E-state index in [4.69, 9.17) is 21.4 Å². The molecule has 26 heavy (non-hydrogen) atoms. The SMILES string of the molecule is COc1ccc(C2CC(c3ccccc3Cl)=NN2C2=NC(=O)CS2)cc1. The molecule has 0 fully saturated rings. The van der Waals surface area contributed by atoms with Crippen molar-refractivity contribution in [2.45, 2.75) is 12.5 Å². The molecule has 2 aromatic rings. The largest absolute Gasteiger partial charge is 0.497 e. The number of carbonyl (C=O) groups is 1. The molecule has 7 heteroatoms. The van der Waals surface area contributed by atoms with Crippen molar-refractivity contribution < 1.29 is 9.53 Å². The van der Waals surface area contributed by atoms with Crippen LogP contribution in [0.4, 0.5) is 0 Å². The van der Waals surface area contributed by atoms with Crippen LogP contribution < -0.4 is 4.74 Å². The first-order valence-corrected chi connectivity index (χ1v) is 9.52. The fourth-order valence-electron chi connectivity index (χ4n) is 3.05. The Bertz CT molecular complexity index is 911. The van der Waals surface area contributed by atoms with Gasteiger partial charge in [0.25, 0.3) is 5.91 Å². The van der Waals surface area contributed by atoms with E-state index in [2.05, 4.69) is 4.99 Å². The van der Waals surface area contributed by atoms with Crippen LogP contribution in [-0.4, -0.2) is 34.7 Å². The molecule has 0 radical (unpaired) electrons. The van der Waals surface area contributed by atoms with E-state index in [0.717, 1.165) is 22.6 Å². The van der Waals surface area contributed by atoms with Gasteiger partial charge in [-0.15, -0.1) is 0 Å². The van der Waals surface area contributed by atoms with E-state index in [1.54, 1.807) is 7.11 Å². The molecule has 0 saturated carbocycles. The number of nitrogens with zero attached hydrogens (tertiary/aromatic N) is 3. The summed E-state index contributed by atoms with van der Waals surface area (Å²) in [6.07, 6.45) is 0.684. The first kappa shape index (κ1) is 17.1. The Kier molecular flexibility index (Phi) is 4.70. The molecule has 5 nitrogen and oxygen atoms in total. The Balaban J connectivity index is 1.72. The highest BCUT2D eigenvalue weighted by Gasteiger charge is 2.35. The van der Waals surface area contributed by atoms with Crippen LogP contribution in [0.5, 0.6) is 5.75 Å². The van der Waals surface area contributed by atoms with Gasteiger partial charge in [0.15, 0.2) is 5.17 Å². The summed E-state index contributed by atoms with van der Waals surface area (Å²) in [4.78, 5) is 15.8. The second kappa shape index (κ2) is 7.13. The highest BCUT2D eigenvalue weighted by Crippen LogP contribution is 2.37. The van der Waals surface area contributed by atoms with Crippen LogP contribution in [0, 0.1) is 0 Å². The second-order valence-electron chi connectivity index (χ2n) is 5.94. The van der Waals surface area contributed by atoms with Gasteiger partial charge in [-0.25, -0.2) is 5.01 Å². The number of halogens is 1. The van der Waals surface area contributed by atoms with E-state index in [9.17, 15) is 4.79 Å². The summed E-state index contributed by atoms with van der Waals surface area (Å²) >= 11 is 7.78. The van der Waals surface area contributed by atoms with E-state index in [-0.39, 0.29) is 11.9 Å². The maximum atomic E-state index is 11.6. The Morgan fingerprint density at radius 2 is 1.96 bits per heavy atom. The zero-order chi connectivity index (χ0) is 18.1. The Morgan fingerprint density at radius 3 is 2.62 bits per heavy atom. The maximum Gasteiger partial charge on any atom is 0.258 e.